The van der Waals surface area contributed by atoms with Gasteiger partial charge in [0.2, 0.25) is 0 Å². The van der Waals surface area contributed by atoms with Crippen molar-refractivity contribution in [1.82, 2.24) is 0 Å². The van der Waals surface area contributed by atoms with E-state index in [-0.39, 0.29) is 23.5 Å². The lowest BCUT2D eigenvalue weighted by molar-refractivity contribution is -0.0500. The van der Waals surface area contributed by atoms with Gasteiger partial charge in [0, 0.05) is 11.6 Å². The molecule has 0 unspecified atom stereocenters. The molecule has 0 spiro atoms. The Labute approximate surface area is 151 Å². The first-order valence-electron chi connectivity index (χ1n) is 7.35. The van der Waals surface area contributed by atoms with Crippen molar-refractivity contribution in [3.05, 3.63) is 65.0 Å². The Hall–Kier alpha value is -2.88. The van der Waals surface area contributed by atoms with Gasteiger partial charge < -0.3 is 8.92 Å². The van der Waals surface area contributed by atoms with Crippen molar-refractivity contribution in [1.29, 1.82) is 0 Å². The second-order valence-corrected chi connectivity index (χ2v) is 7.02. The summed E-state index contributed by atoms with van der Waals surface area (Å²) in [5.41, 5.74) is -4.75. The monoisotopic (exact) mass is 402 g/mol. The quantitative estimate of drug-likeness (QED) is 0.339. The molecule has 0 saturated heterocycles. The molecule has 142 valence electrons. The summed E-state index contributed by atoms with van der Waals surface area (Å²) in [6.45, 7) is -0.196. The molecule has 0 bridgehead atoms. The Kier molecular flexibility index (Phi) is 4.68. The number of ether oxygens (including phenoxy) is 1. The Morgan fingerprint density at radius 1 is 1.07 bits per heavy atom. The summed E-state index contributed by atoms with van der Waals surface area (Å²) in [5, 5.41) is 0. The average molecular weight is 402 g/mol. The van der Waals surface area contributed by atoms with Crippen LogP contribution in [0, 0.1) is 5.82 Å². The third kappa shape index (κ3) is 3.95. The third-order valence-corrected chi connectivity index (χ3v) is 4.55. The summed E-state index contributed by atoms with van der Waals surface area (Å²) in [5.74, 6) is -1.63. The van der Waals surface area contributed by atoms with Crippen LogP contribution in [0.25, 0.3) is 6.08 Å². The number of carbonyl (C=O) groups excluding carboxylic acids is 1. The number of halogens is 4. The van der Waals surface area contributed by atoms with Crippen LogP contribution in [0.15, 0.2) is 48.0 Å². The van der Waals surface area contributed by atoms with Crippen molar-refractivity contribution in [2.75, 3.05) is 6.61 Å². The fourth-order valence-electron chi connectivity index (χ4n) is 2.30. The highest BCUT2D eigenvalue weighted by atomic mass is 32.2. The zero-order valence-corrected chi connectivity index (χ0v) is 14.1. The molecule has 0 amide bonds. The SMILES string of the molecule is O=C1C(=Cc2ccc(F)cc2)COc2cc(OS(=O)(=O)C(F)(F)F)ccc21. The first kappa shape index (κ1) is 18.9. The number of alkyl halides is 3. The molecule has 0 fully saturated rings. The molecule has 27 heavy (non-hydrogen) atoms. The minimum Gasteiger partial charge on any atom is -0.488 e. The van der Waals surface area contributed by atoms with E-state index in [1.54, 1.807) is 0 Å². The normalized spacial score (nSPS) is 16.0. The van der Waals surface area contributed by atoms with E-state index in [4.69, 9.17) is 4.74 Å². The van der Waals surface area contributed by atoms with E-state index in [9.17, 15) is 30.8 Å². The number of ketones is 1. The molecule has 3 rings (SSSR count). The van der Waals surface area contributed by atoms with Gasteiger partial charge >= 0.3 is 15.6 Å². The van der Waals surface area contributed by atoms with Crippen molar-refractivity contribution >= 4 is 22.0 Å². The van der Waals surface area contributed by atoms with Crippen LogP contribution < -0.4 is 8.92 Å². The first-order valence-corrected chi connectivity index (χ1v) is 8.76. The molecule has 1 heterocycles. The predicted octanol–water partition coefficient (Wildman–Crippen LogP) is 3.71. The van der Waals surface area contributed by atoms with Crippen LogP contribution in [-0.4, -0.2) is 26.3 Å². The summed E-state index contributed by atoms with van der Waals surface area (Å²) in [7, 11) is -5.83. The molecule has 0 saturated carbocycles. The molecule has 0 radical (unpaired) electrons. The fourth-order valence-corrected chi connectivity index (χ4v) is 2.75. The topological polar surface area (TPSA) is 69.7 Å². The number of fused-ring (bicyclic) bond motifs is 1. The number of carbonyl (C=O) groups is 1. The van der Waals surface area contributed by atoms with E-state index < -0.39 is 33.0 Å². The zero-order chi connectivity index (χ0) is 19.8. The molecule has 1 aliphatic rings. The third-order valence-electron chi connectivity index (χ3n) is 3.57. The molecule has 2 aromatic rings. The number of hydrogen-bond donors (Lipinski definition) is 0. The van der Waals surface area contributed by atoms with Crippen LogP contribution in [-0.2, 0) is 10.1 Å². The lowest BCUT2D eigenvalue weighted by atomic mass is 9.98. The van der Waals surface area contributed by atoms with Crippen molar-refractivity contribution in [3.8, 4) is 11.5 Å². The highest BCUT2D eigenvalue weighted by Crippen LogP contribution is 2.34. The van der Waals surface area contributed by atoms with Crippen LogP contribution in [0.5, 0.6) is 11.5 Å². The Bertz CT molecular complexity index is 1020. The van der Waals surface area contributed by atoms with Gasteiger partial charge in [-0.05, 0) is 35.9 Å². The van der Waals surface area contributed by atoms with Crippen LogP contribution in [0.4, 0.5) is 17.6 Å². The van der Waals surface area contributed by atoms with Crippen LogP contribution >= 0.6 is 0 Å². The molecule has 5 nitrogen and oxygen atoms in total. The van der Waals surface area contributed by atoms with Gasteiger partial charge in [-0.3, -0.25) is 4.79 Å². The first-order chi connectivity index (χ1) is 12.6. The van der Waals surface area contributed by atoms with Gasteiger partial charge in [-0.25, -0.2) is 4.39 Å². The zero-order valence-electron chi connectivity index (χ0n) is 13.3. The van der Waals surface area contributed by atoms with E-state index in [2.05, 4.69) is 4.18 Å². The largest absolute Gasteiger partial charge is 0.534 e. The molecule has 0 N–H and O–H groups in total. The molecule has 1 aliphatic heterocycles. The van der Waals surface area contributed by atoms with Gasteiger partial charge in [-0.1, -0.05) is 12.1 Å². The summed E-state index contributed by atoms with van der Waals surface area (Å²) < 4.78 is 81.5. The average Bonchev–Trinajstić information content (AvgIpc) is 2.58. The van der Waals surface area contributed by atoms with Crippen LogP contribution in [0.2, 0.25) is 0 Å². The summed E-state index contributed by atoms with van der Waals surface area (Å²) >= 11 is 0. The molecule has 2 aromatic carbocycles. The van der Waals surface area contributed by atoms with E-state index in [1.807, 2.05) is 0 Å². The smallest absolute Gasteiger partial charge is 0.488 e. The maximum Gasteiger partial charge on any atom is 0.534 e. The summed E-state index contributed by atoms with van der Waals surface area (Å²) in [4.78, 5) is 12.5. The minimum atomic E-state index is -5.83. The number of Topliss-reactive ketones (excluding diaryl/α,β-unsaturated/α-hetero) is 1. The molecular formula is C17H10F4O5S. The van der Waals surface area contributed by atoms with E-state index >= 15 is 0 Å². The molecule has 10 heteroatoms. The lowest BCUT2D eigenvalue weighted by Gasteiger charge is -2.19. The van der Waals surface area contributed by atoms with Gasteiger partial charge in [0.05, 0.1) is 5.56 Å². The Morgan fingerprint density at radius 2 is 1.74 bits per heavy atom. The number of benzene rings is 2. The van der Waals surface area contributed by atoms with Crippen LogP contribution in [0.3, 0.4) is 0 Å². The number of rotatable bonds is 3. The molecule has 0 aromatic heterocycles. The number of hydrogen-bond acceptors (Lipinski definition) is 5. The van der Waals surface area contributed by atoms with Gasteiger partial charge in [-0.15, -0.1) is 0 Å². The van der Waals surface area contributed by atoms with Crippen molar-refractivity contribution < 1.29 is 39.7 Å². The highest BCUT2D eigenvalue weighted by molar-refractivity contribution is 7.88. The van der Waals surface area contributed by atoms with Gasteiger partial charge in [0.1, 0.15) is 23.9 Å². The van der Waals surface area contributed by atoms with E-state index in [0.717, 1.165) is 18.2 Å². The fraction of sp³-hybridized carbons (Fsp3) is 0.118. The van der Waals surface area contributed by atoms with Crippen molar-refractivity contribution in [3.63, 3.8) is 0 Å². The second kappa shape index (κ2) is 6.69. The van der Waals surface area contributed by atoms with E-state index in [0.29, 0.717) is 5.56 Å². The van der Waals surface area contributed by atoms with Gasteiger partial charge in [0.25, 0.3) is 0 Å². The standard InChI is InChI=1S/C17H10F4O5S/c18-12-3-1-10(2-4-12)7-11-9-25-15-8-13(5-6-14(15)16(11)22)26-27(23,24)17(19,20)21/h1-8H,9H2. The van der Waals surface area contributed by atoms with Crippen LogP contribution in [0.1, 0.15) is 15.9 Å². The van der Waals surface area contributed by atoms with Gasteiger partial charge in [-0.2, -0.15) is 21.6 Å². The maximum absolute atomic E-state index is 12.9. The summed E-state index contributed by atoms with van der Waals surface area (Å²) in [6, 6.07) is 8.29. The second-order valence-electron chi connectivity index (χ2n) is 5.48. The lowest BCUT2D eigenvalue weighted by Crippen LogP contribution is -2.28. The predicted molar refractivity (Wildman–Crippen MR) is 86.2 cm³/mol. The maximum atomic E-state index is 12.9. The van der Waals surface area contributed by atoms with Crippen molar-refractivity contribution in [2.45, 2.75) is 5.51 Å². The summed E-state index contributed by atoms with van der Waals surface area (Å²) in [6.07, 6.45) is 1.49. The molecule has 0 aliphatic carbocycles. The minimum absolute atomic E-state index is 0.0337. The molecular weight excluding hydrogens is 392 g/mol. The Balaban J connectivity index is 1.86. The highest BCUT2D eigenvalue weighted by Gasteiger charge is 2.48. The van der Waals surface area contributed by atoms with E-state index in [1.165, 1.54) is 30.3 Å². The molecule has 0 atom stereocenters. The Morgan fingerprint density at radius 3 is 2.37 bits per heavy atom. The van der Waals surface area contributed by atoms with Crippen molar-refractivity contribution in [2.24, 2.45) is 0 Å². The van der Waals surface area contributed by atoms with Gasteiger partial charge in [0.15, 0.2) is 5.78 Å².